The minimum atomic E-state index is -0.0493. The molecule has 2 aromatic rings. The van der Waals surface area contributed by atoms with Crippen molar-refractivity contribution in [3.8, 4) is 11.5 Å². The molecule has 6 atom stereocenters. The van der Waals surface area contributed by atoms with Crippen LogP contribution in [0, 0.1) is 17.8 Å². The number of likely N-dealkylation sites (tertiary alicyclic amines) is 1. The van der Waals surface area contributed by atoms with Crippen molar-refractivity contribution in [3.63, 3.8) is 0 Å². The number of nitrogens with one attached hydrogen (secondary N) is 1. The number of amides is 1. The number of aromatic nitrogens is 1. The van der Waals surface area contributed by atoms with Gasteiger partial charge in [-0.3, -0.25) is 14.5 Å². The van der Waals surface area contributed by atoms with E-state index in [1.165, 1.54) is 18.5 Å². The zero-order valence-electron chi connectivity index (χ0n) is 20.6. The van der Waals surface area contributed by atoms with Gasteiger partial charge in [-0.2, -0.15) is 0 Å². The Labute approximate surface area is 211 Å². The fourth-order valence-electron chi connectivity index (χ4n) is 7.50. The van der Waals surface area contributed by atoms with Crippen LogP contribution in [0.2, 0.25) is 0 Å². The number of carbonyl (C=O) groups is 1. The van der Waals surface area contributed by atoms with Crippen molar-refractivity contribution >= 4 is 5.91 Å². The third-order valence-corrected chi connectivity index (χ3v) is 9.20. The first-order chi connectivity index (χ1) is 17.6. The summed E-state index contributed by atoms with van der Waals surface area (Å²) in [5.74, 6) is 3.76. The van der Waals surface area contributed by atoms with Crippen molar-refractivity contribution < 1.29 is 14.3 Å². The van der Waals surface area contributed by atoms with Gasteiger partial charge in [-0.15, -0.1) is 0 Å². The number of carbonyl (C=O) groups excluding carboxylic acids is 1. The Kier molecular flexibility index (Phi) is 5.54. The molecule has 8 rings (SSSR count). The molecule has 4 saturated heterocycles. The molecule has 6 aliphatic rings. The van der Waals surface area contributed by atoms with Gasteiger partial charge in [-0.1, -0.05) is 6.07 Å². The first-order valence-electron chi connectivity index (χ1n) is 13.4. The summed E-state index contributed by atoms with van der Waals surface area (Å²) in [7, 11) is 0. The van der Waals surface area contributed by atoms with E-state index in [1.54, 1.807) is 24.3 Å². The van der Waals surface area contributed by atoms with Crippen molar-refractivity contribution in [3.05, 3.63) is 58.0 Å². The Bertz CT molecular complexity index is 1230. The van der Waals surface area contributed by atoms with E-state index in [2.05, 4.69) is 21.2 Å². The molecule has 6 aliphatic heterocycles. The van der Waals surface area contributed by atoms with E-state index >= 15 is 0 Å². The number of fused-ring (bicyclic) bond motifs is 8. The van der Waals surface area contributed by atoms with Crippen molar-refractivity contribution in [2.45, 2.75) is 37.8 Å². The number of pyridine rings is 1. The first-order valence-corrected chi connectivity index (χ1v) is 13.4. The number of piperidine rings is 4. The molecule has 8 heteroatoms. The number of rotatable bonds is 5. The van der Waals surface area contributed by atoms with Crippen LogP contribution in [0.3, 0.4) is 0 Å². The monoisotopic (exact) mass is 490 g/mol. The zero-order valence-corrected chi connectivity index (χ0v) is 20.6. The normalized spacial score (nSPS) is 32.2. The summed E-state index contributed by atoms with van der Waals surface area (Å²) in [5, 5.41) is 3.17. The highest BCUT2D eigenvalue weighted by Crippen LogP contribution is 2.39. The number of nitrogens with zero attached hydrogens (tertiary/aromatic N) is 3. The number of hydrogen-bond donors (Lipinski definition) is 1. The lowest BCUT2D eigenvalue weighted by Crippen LogP contribution is -2.59. The van der Waals surface area contributed by atoms with E-state index in [1.807, 2.05) is 10.6 Å². The van der Waals surface area contributed by atoms with Crippen LogP contribution in [0.15, 0.2) is 41.2 Å². The smallest absolute Gasteiger partial charge is 0.251 e. The highest BCUT2D eigenvalue weighted by molar-refractivity contribution is 5.94. The van der Waals surface area contributed by atoms with Crippen LogP contribution >= 0.6 is 0 Å². The van der Waals surface area contributed by atoms with E-state index in [0.717, 1.165) is 51.6 Å². The molecule has 0 aliphatic carbocycles. The summed E-state index contributed by atoms with van der Waals surface area (Å²) in [4.78, 5) is 30.4. The average molecular weight is 491 g/mol. The number of hydrogen-bond acceptors (Lipinski definition) is 6. The van der Waals surface area contributed by atoms with Gasteiger partial charge in [0, 0.05) is 68.6 Å². The van der Waals surface area contributed by atoms with Crippen LogP contribution in [0.1, 0.15) is 41.2 Å². The third-order valence-electron chi connectivity index (χ3n) is 9.20. The summed E-state index contributed by atoms with van der Waals surface area (Å²) in [5.41, 5.74) is 2.01. The van der Waals surface area contributed by atoms with Crippen molar-refractivity contribution in [2.24, 2.45) is 17.8 Å². The molecular formula is C28H34N4O4. The maximum atomic E-state index is 12.8. The Morgan fingerprint density at radius 2 is 1.94 bits per heavy atom. The first kappa shape index (κ1) is 22.4. The van der Waals surface area contributed by atoms with Gasteiger partial charge < -0.3 is 24.3 Å². The van der Waals surface area contributed by atoms with Crippen molar-refractivity contribution in [1.29, 1.82) is 0 Å². The Morgan fingerprint density at radius 3 is 2.83 bits per heavy atom. The Hall–Kier alpha value is -2.84. The Balaban J connectivity index is 0.950. The van der Waals surface area contributed by atoms with Crippen LogP contribution in [0.4, 0.5) is 0 Å². The number of benzene rings is 1. The second-order valence-corrected chi connectivity index (χ2v) is 11.4. The van der Waals surface area contributed by atoms with Crippen LogP contribution in [0.5, 0.6) is 11.5 Å². The maximum absolute atomic E-state index is 12.8. The minimum Gasteiger partial charge on any atom is -0.454 e. The van der Waals surface area contributed by atoms with E-state index in [0.29, 0.717) is 47.4 Å². The fourth-order valence-corrected chi connectivity index (χ4v) is 7.50. The van der Waals surface area contributed by atoms with Gasteiger partial charge in [0.15, 0.2) is 11.5 Å². The van der Waals surface area contributed by atoms with Gasteiger partial charge >= 0.3 is 0 Å². The summed E-state index contributed by atoms with van der Waals surface area (Å²) in [6, 6.07) is 11.6. The molecule has 1 aromatic heterocycles. The fraction of sp³-hybridized carbons (Fsp3) is 0.571. The van der Waals surface area contributed by atoms with Gasteiger partial charge in [0.1, 0.15) is 0 Å². The van der Waals surface area contributed by atoms with Gasteiger partial charge in [0.05, 0.1) is 0 Å². The van der Waals surface area contributed by atoms with Crippen LogP contribution in [0.25, 0.3) is 0 Å². The molecule has 8 nitrogen and oxygen atoms in total. The topological polar surface area (TPSA) is 76.0 Å². The third kappa shape index (κ3) is 4.00. The SMILES string of the molecule is O=C(NCC1CC2CCN1CC2CN1CC2CC(C1)c1cccc(=O)n1C2)c1ccc2c(c1)OCO2. The standard InChI is InChI=1S/C28H34N4O4/c33-27-3-1-2-24-21-8-18(13-32(24)27)12-30(14-21)15-22-16-31-7-6-19(22)9-23(31)11-29-28(34)20-4-5-25-26(10-20)36-17-35-25/h1-5,10,18-19,21-23H,6-9,11-17H2,(H,29,34). The van der Waals surface area contributed by atoms with Gasteiger partial charge in [-0.05, 0) is 67.8 Å². The lowest BCUT2D eigenvalue weighted by Gasteiger charge is -2.52. The van der Waals surface area contributed by atoms with Crippen LogP contribution in [-0.2, 0) is 6.54 Å². The minimum absolute atomic E-state index is 0.0493. The molecule has 36 heavy (non-hydrogen) atoms. The lowest BCUT2D eigenvalue weighted by molar-refractivity contribution is -0.0197. The van der Waals surface area contributed by atoms with E-state index < -0.39 is 0 Å². The molecule has 1 N–H and O–H groups in total. The summed E-state index contributed by atoms with van der Waals surface area (Å²) in [6.45, 7) is 7.36. The molecule has 1 amide bonds. The molecule has 4 bridgehead atoms. The van der Waals surface area contributed by atoms with Gasteiger partial charge in [0.2, 0.25) is 6.79 Å². The summed E-state index contributed by atoms with van der Waals surface area (Å²) in [6.07, 6.45) is 3.63. The van der Waals surface area contributed by atoms with Crippen molar-refractivity contribution in [2.75, 3.05) is 46.1 Å². The zero-order chi connectivity index (χ0) is 24.2. The molecule has 1 aromatic carbocycles. The maximum Gasteiger partial charge on any atom is 0.251 e. The van der Waals surface area contributed by atoms with E-state index in [4.69, 9.17) is 9.47 Å². The Morgan fingerprint density at radius 1 is 1.03 bits per heavy atom. The van der Waals surface area contributed by atoms with E-state index in [9.17, 15) is 9.59 Å². The summed E-state index contributed by atoms with van der Waals surface area (Å²) >= 11 is 0. The van der Waals surface area contributed by atoms with Crippen molar-refractivity contribution in [1.82, 2.24) is 19.7 Å². The van der Waals surface area contributed by atoms with E-state index in [-0.39, 0.29) is 18.3 Å². The molecule has 0 saturated carbocycles. The van der Waals surface area contributed by atoms with Gasteiger partial charge in [0.25, 0.3) is 11.5 Å². The second kappa shape index (κ2) is 8.92. The molecule has 0 radical (unpaired) electrons. The average Bonchev–Trinajstić information content (AvgIpc) is 3.37. The highest BCUT2D eigenvalue weighted by Gasteiger charge is 2.42. The molecule has 7 heterocycles. The quantitative estimate of drug-likeness (QED) is 0.692. The predicted molar refractivity (Wildman–Crippen MR) is 134 cm³/mol. The highest BCUT2D eigenvalue weighted by atomic mass is 16.7. The number of ether oxygens (including phenoxy) is 2. The molecule has 0 spiro atoms. The molecule has 6 unspecified atom stereocenters. The second-order valence-electron chi connectivity index (χ2n) is 11.4. The predicted octanol–water partition coefficient (Wildman–Crippen LogP) is 2.14. The largest absolute Gasteiger partial charge is 0.454 e. The van der Waals surface area contributed by atoms with Crippen LogP contribution < -0.4 is 20.3 Å². The molecule has 4 fully saturated rings. The van der Waals surface area contributed by atoms with Crippen LogP contribution in [-0.4, -0.2) is 72.4 Å². The van der Waals surface area contributed by atoms with Gasteiger partial charge in [-0.25, -0.2) is 0 Å². The molecule has 190 valence electrons. The molecular weight excluding hydrogens is 456 g/mol. The summed E-state index contributed by atoms with van der Waals surface area (Å²) < 4.78 is 12.8. The lowest BCUT2D eigenvalue weighted by atomic mass is 9.74.